The number of ether oxygens (including phenoxy) is 1. The zero-order chi connectivity index (χ0) is 18.7. The molecule has 1 fully saturated rings. The van der Waals surface area contributed by atoms with Crippen LogP contribution in [0, 0.1) is 0 Å². The van der Waals surface area contributed by atoms with Gasteiger partial charge in [0.1, 0.15) is 0 Å². The van der Waals surface area contributed by atoms with Gasteiger partial charge in [0.25, 0.3) is 5.91 Å². The molecule has 0 aliphatic carbocycles. The first kappa shape index (κ1) is 18.4. The minimum Gasteiger partial charge on any atom is -0.378 e. The summed E-state index contributed by atoms with van der Waals surface area (Å²) in [5, 5.41) is 2.15. The first-order chi connectivity index (χ1) is 12.3. The molecule has 138 valence electrons. The van der Waals surface area contributed by atoms with E-state index in [2.05, 4.69) is 15.3 Å². The fourth-order valence-corrected chi connectivity index (χ4v) is 2.59. The molecule has 0 bridgehead atoms. The number of nitrogens with one attached hydrogen (secondary N) is 1. The Morgan fingerprint density at radius 1 is 1.19 bits per heavy atom. The fraction of sp³-hybridized carbons (Fsp3) is 0.312. The molecule has 1 N–H and O–H groups in total. The minimum atomic E-state index is -4.65. The maximum atomic E-state index is 13.1. The van der Waals surface area contributed by atoms with E-state index in [1.165, 1.54) is 18.5 Å². The van der Waals surface area contributed by atoms with Gasteiger partial charge >= 0.3 is 6.18 Å². The van der Waals surface area contributed by atoms with Crippen LogP contribution >= 0.6 is 11.6 Å². The average Bonchev–Trinajstić information content (AvgIpc) is 2.63. The second-order valence-electron chi connectivity index (χ2n) is 5.51. The summed E-state index contributed by atoms with van der Waals surface area (Å²) < 4.78 is 44.5. The molecule has 1 aliphatic rings. The van der Waals surface area contributed by atoms with E-state index in [0.717, 1.165) is 12.1 Å². The number of nitrogens with zero attached hydrogens (tertiary/aromatic N) is 3. The van der Waals surface area contributed by atoms with Crippen molar-refractivity contribution in [2.75, 3.05) is 36.5 Å². The van der Waals surface area contributed by atoms with E-state index < -0.39 is 17.6 Å². The lowest BCUT2D eigenvalue weighted by Gasteiger charge is -2.26. The van der Waals surface area contributed by atoms with Crippen molar-refractivity contribution in [3.05, 3.63) is 46.7 Å². The van der Waals surface area contributed by atoms with Gasteiger partial charge in [-0.1, -0.05) is 11.6 Å². The summed E-state index contributed by atoms with van der Waals surface area (Å²) in [6.45, 7) is 2.38. The smallest absolute Gasteiger partial charge is 0.378 e. The number of alkyl halides is 3. The molecule has 1 saturated heterocycles. The predicted octanol–water partition coefficient (Wildman–Crippen LogP) is 3.24. The lowest BCUT2D eigenvalue weighted by atomic mass is 10.1. The highest BCUT2D eigenvalue weighted by Crippen LogP contribution is 2.36. The third kappa shape index (κ3) is 4.23. The standard InChI is InChI=1S/C16H14ClF3N4O2/c17-11-1-2-13(12(7-11)16(18,19)20)23-14(25)10-8-21-15(22-9-10)24-3-5-26-6-4-24/h1-2,7-9H,3-6H2,(H,23,25). The Balaban J connectivity index is 1.76. The lowest BCUT2D eigenvalue weighted by Crippen LogP contribution is -2.37. The lowest BCUT2D eigenvalue weighted by molar-refractivity contribution is -0.136. The minimum absolute atomic E-state index is 0.0464. The molecule has 0 atom stereocenters. The molecule has 2 aromatic rings. The number of aromatic nitrogens is 2. The molecule has 0 unspecified atom stereocenters. The molecule has 0 radical (unpaired) electrons. The molecular weight excluding hydrogens is 373 g/mol. The number of anilines is 2. The van der Waals surface area contributed by atoms with Crippen LogP contribution in [0.4, 0.5) is 24.8 Å². The maximum Gasteiger partial charge on any atom is 0.418 e. The van der Waals surface area contributed by atoms with Crippen LogP contribution in [0.2, 0.25) is 5.02 Å². The molecule has 10 heteroatoms. The van der Waals surface area contributed by atoms with Gasteiger partial charge in [-0.25, -0.2) is 9.97 Å². The number of hydrogen-bond acceptors (Lipinski definition) is 5. The van der Waals surface area contributed by atoms with Gasteiger partial charge in [0, 0.05) is 30.5 Å². The molecule has 1 aromatic carbocycles. The van der Waals surface area contributed by atoms with Gasteiger partial charge in [0.15, 0.2) is 0 Å². The SMILES string of the molecule is O=C(Nc1ccc(Cl)cc1C(F)(F)F)c1cnc(N2CCOCC2)nc1. The zero-order valence-electron chi connectivity index (χ0n) is 13.4. The monoisotopic (exact) mass is 386 g/mol. The highest BCUT2D eigenvalue weighted by molar-refractivity contribution is 6.30. The topological polar surface area (TPSA) is 67.4 Å². The van der Waals surface area contributed by atoms with Crippen molar-refractivity contribution in [2.45, 2.75) is 6.18 Å². The van der Waals surface area contributed by atoms with Crippen molar-refractivity contribution in [3.8, 4) is 0 Å². The predicted molar refractivity (Wildman–Crippen MR) is 89.5 cm³/mol. The van der Waals surface area contributed by atoms with E-state index in [9.17, 15) is 18.0 Å². The summed E-state index contributed by atoms with van der Waals surface area (Å²) in [5.74, 6) is -0.307. The van der Waals surface area contributed by atoms with Crippen LogP contribution < -0.4 is 10.2 Å². The molecular formula is C16H14ClF3N4O2. The number of rotatable bonds is 3. The van der Waals surface area contributed by atoms with Crippen LogP contribution in [0.25, 0.3) is 0 Å². The van der Waals surface area contributed by atoms with Gasteiger partial charge < -0.3 is 15.0 Å². The molecule has 26 heavy (non-hydrogen) atoms. The molecule has 1 aromatic heterocycles. The average molecular weight is 387 g/mol. The Hall–Kier alpha value is -2.39. The van der Waals surface area contributed by atoms with E-state index in [-0.39, 0.29) is 16.3 Å². The highest BCUT2D eigenvalue weighted by atomic mass is 35.5. The van der Waals surface area contributed by atoms with Crippen LogP contribution in [0.5, 0.6) is 0 Å². The number of carbonyl (C=O) groups excluding carboxylic acids is 1. The highest BCUT2D eigenvalue weighted by Gasteiger charge is 2.34. The first-order valence-corrected chi connectivity index (χ1v) is 8.05. The van der Waals surface area contributed by atoms with Crippen molar-refractivity contribution >= 4 is 29.1 Å². The van der Waals surface area contributed by atoms with Crippen molar-refractivity contribution in [1.29, 1.82) is 0 Å². The third-order valence-corrected chi connectivity index (χ3v) is 3.96. The Kier molecular flexibility index (Phi) is 5.28. The largest absolute Gasteiger partial charge is 0.418 e. The Morgan fingerprint density at radius 2 is 1.85 bits per heavy atom. The fourth-order valence-electron chi connectivity index (χ4n) is 2.42. The van der Waals surface area contributed by atoms with E-state index >= 15 is 0 Å². The van der Waals surface area contributed by atoms with Gasteiger partial charge in [-0.15, -0.1) is 0 Å². The van der Waals surface area contributed by atoms with Gasteiger partial charge in [0.05, 0.1) is 30.0 Å². The Labute approximate surface area is 151 Å². The first-order valence-electron chi connectivity index (χ1n) is 7.67. The van der Waals surface area contributed by atoms with Crippen molar-refractivity contribution < 1.29 is 22.7 Å². The quantitative estimate of drug-likeness (QED) is 0.877. The molecule has 1 aliphatic heterocycles. The maximum absolute atomic E-state index is 13.1. The summed E-state index contributed by atoms with van der Waals surface area (Å²) in [6.07, 6.45) is -2.10. The number of amides is 1. The molecule has 1 amide bonds. The molecule has 0 spiro atoms. The molecule has 2 heterocycles. The van der Waals surface area contributed by atoms with E-state index in [4.69, 9.17) is 16.3 Å². The summed E-state index contributed by atoms with van der Waals surface area (Å²) in [6, 6.07) is 3.13. The second kappa shape index (κ2) is 7.46. The van der Waals surface area contributed by atoms with Crippen molar-refractivity contribution in [1.82, 2.24) is 9.97 Å². The summed E-state index contributed by atoms with van der Waals surface area (Å²) in [7, 11) is 0. The van der Waals surface area contributed by atoms with Crippen molar-refractivity contribution in [3.63, 3.8) is 0 Å². The Morgan fingerprint density at radius 3 is 2.46 bits per heavy atom. The van der Waals surface area contributed by atoms with Gasteiger partial charge in [-0.3, -0.25) is 4.79 Å². The summed E-state index contributed by atoms with van der Waals surface area (Å²) >= 11 is 5.62. The third-order valence-electron chi connectivity index (χ3n) is 3.73. The number of halogens is 4. The van der Waals surface area contributed by atoms with Gasteiger partial charge in [-0.2, -0.15) is 13.2 Å². The second-order valence-corrected chi connectivity index (χ2v) is 5.95. The zero-order valence-corrected chi connectivity index (χ0v) is 14.1. The van der Waals surface area contributed by atoms with Crippen LogP contribution in [0.1, 0.15) is 15.9 Å². The number of hydrogen-bond donors (Lipinski definition) is 1. The normalized spacial score (nSPS) is 15.0. The molecule has 6 nitrogen and oxygen atoms in total. The number of morpholine rings is 1. The van der Waals surface area contributed by atoms with Crippen LogP contribution in [0.15, 0.2) is 30.6 Å². The van der Waals surface area contributed by atoms with E-state index in [1.807, 2.05) is 4.90 Å². The van der Waals surface area contributed by atoms with Gasteiger partial charge in [-0.05, 0) is 18.2 Å². The summed E-state index contributed by atoms with van der Waals surface area (Å²) in [4.78, 5) is 22.3. The summed E-state index contributed by atoms with van der Waals surface area (Å²) in [5.41, 5.74) is -1.36. The molecule has 3 rings (SSSR count). The van der Waals surface area contributed by atoms with E-state index in [0.29, 0.717) is 32.3 Å². The van der Waals surface area contributed by atoms with Crippen LogP contribution in [0.3, 0.4) is 0 Å². The van der Waals surface area contributed by atoms with Crippen LogP contribution in [-0.2, 0) is 10.9 Å². The van der Waals surface area contributed by atoms with Gasteiger partial charge in [0.2, 0.25) is 5.95 Å². The Bertz CT molecular complexity index is 793. The van der Waals surface area contributed by atoms with Crippen molar-refractivity contribution in [2.24, 2.45) is 0 Å². The number of carbonyl (C=O) groups is 1. The van der Waals surface area contributed by atoms with E-state index in [1.54, 1.807) is 0 Å². The molecule has 0 saturated carbocycles. The van der Waals surface area contributed by atoms with Crippen LogP contribution in [-0.4, -0.2) is 42.2 Å². The number of benzene rings is 1.